The van der Waals surface area contributed by atoms with Gasteiger partial charge in [0.2, 0.25) is 11.8 Å². The first-order chi connectivity index (χ1) is 13.0. The number of carbonyl (C=O) groups excluding carboxylic acids is 2. The summed E-state index contributed by atoms with van der Waals surface area (Å²) in [7, 11) is 0. The normalized spacial score (nSPS) is 24.2. The lowest BCUT2D eigenvalue weighted by atomic mass is 10.0. The monoisotopic (exact) mass is 373 g/mol. The maximum absolute atomic E-state index is 12.6. The SMILES string of the molecule is CCN1CCCC1CN1CC(C(=O)N[C@H](C(=O)O)c2ccccc2)CC1=O. The van der Waals surface area contributed by atoms with Gasteiger partial charge in [0.1, 0.15) is 0 Å². The Labute approximate surface area is 159 Å². The van der Waals surface area contributed by atoms with E-state index >= 15 is 0 Å². The first-order valence-corrected chi connectivity index (χ1v) is 9.59. The van der Waals surface area contributed by atoms with Crippen molar-refractivity contribution in [1.82, 2.24) is 15.1 Å². The second kappa shape index (κ2) is 8.52. The summed E-state index contributed by atoms with van der Waals surface area (Å²) in [6.45, 7) is 5.16. The van der Waals surface area contributed by atoms with Gasteiger partial charge in [-0.25, -0.2) is 4.79 Å². The Balaban J connectivity index is 1.60. The number of hydrogen-bond acceptors (Lipinski definition) is 4. The van der Waals surface area contributed by atoms with Crippen molar-refractivity contribution in [2.24, 2.45) is 5.92 Å². The summed E-state index contributed by atoms with van der Waals surface area (Å²) in [5, 5.41) is 12.1. The molecule has 0 radical (unpaired) electrons. The number of carbonyl (C=O) groups is 3. The van der Waals surface area contributed by atoms with Gasteiger partial charge in [-0.05, 0) is 31.5 Å². The molecule has 2 heterocycles. The molecule has 2 aliphatic heterocycles. The van der Waals surface area contributed by atoms with E-state index < -0.39 is 17.9 Å². The lowest BCUT2D eigenvalue weighted by Gasteiger charge is -2.27. The van der Waals surface area contributed by atoms with E-state index in [1.807, 2.05) is 0 Å². The lowest BCUT2D eigenvalue weighted by Crippen LogP contribution is -2.42. The van der Waals surface area contributed by atoms with Crippen LogP contribution in [0, 0.1) is 5.92 Å². The van der Waals surface area contributed by atoms with E-state index in [0.29, 0.717) is 24.7 Å². The Kier molecular flexibility index (Phi) is 6.11. The van der Waals surface area contributed by atoms with Gasteiger partial charge in [0.15, 0.2) is 6.04 Å². The first kappa shape index (κ1) is 19.4. The first-order valence-electron chi connectivity index (χ1n) is 9.59. The molecule has 0 aromatic heterocycles. The van der Waals surface area contributed by atoms with Crippen molar-refractivity contribution in [3.05, 3.63) is 35.9 Å². The van der Waals surface area contributed by atoms with E-state index in [1.165, 1.54) is 0 Å². The predicted molar refractivity (Wildman–Crippen MR) is 99.9 cm³/mol. The van der Waals surface area contributed by atoms with Gasteiger partial charge in [-0.15, -0.1) is 0 Å². The van der Waals surface area contributed by atoms with E-state index in [9.17, 15) is 19.5 Å². The molecule has 2 unspecified atom stereocenters. The molecule has 2 aliphatic rings. The fourth-order valence-electron chi connectivity index (χ4n) is 4.09. The number of carboxylic acid groups (broad SMARTS) is 1. The Bertz CT molecular complexity index is 694. The number of carboxylic acids is 1. The average molecular weight is 373 g/mol. The second-order valence-electron chi connectivity index (χ2n) is 7.31. The molecule has 0 aliphatic carbocycles. The molecular formula is C20H27N3O4. The molecular weight excluding hydrogens is 346 g/mol. The third-order valence-electron chi connectivity index (χ3n) is 5.59. The molecule has 0 bridgehead atoms. The summed E-state index contributed by atoms with van der Waals surface area (Å²) < 4.78 is 0. The minimum absolute atomic E-state index is 0.0234. The van der Waals surface area contributed by atoms with Crippen molar-refractivity contribution in [1.29, 1.82) is 0 Å². The molecule has 2 fully saturated rings. The molecule has 3 atom stereocenters. The summed E-state index contributed by atoms with van der Waals surface area (Å²) in [5.41, 5.74) is 0.518. The standard InChI is InChI=1S/C20H27N3O4/c1-2-22-10-6-9-16(22)13-23-12-15(11-17(23)24)19(25)21-18(20(26)27)14-7-4-3-5-8-14/h3-5,7-8,15-16,18H,2,6,9-13H2,1H3,(H,21,25)(H,26,27)/t15?,16?,18-/m0/s1. The van der Waals surface area contributed by atoms with Crippen LogP contribution in [-0.2, 0) is 14.4 Å². The molecule has 27 heavy (non-hydrogen) atoms. The van der Waals surface area contributed by atoms with Crippen LogP contribution in [0.1, 0.15) is 37.8 Å². The fraction of sp³-hybridized carbons (Fsp3) is 0.550. The van der Waals surface area contributed by atoms with E-state index in [0.717, 1.165) is 25.9 Å². The van der Waals surface area contributed by atoms with Crippen LogP contribution in [0.25, 0.3) is 0 Å². The maximum atomic E-state index is 12.6. The van der Waals surface area contributed by atoms with Crippen LogP contribution in [0.15, 0.2) is 30.3 Å². The highest BCUT2D eigenvalue weighted by Gasteiger charge is 2.38. The maximum Gasteiger partial charge on any atom is 0.330 e. The highest BCUT2D eigenvalue weighted by Crippen LogP contribution is 2.24. The van der Waals surface area contributed by atoms with Gasteiger partial charge in [0, 0.05) is 25.6 Å². The van der Waals surface area contributed by atoms with Gasteiger partial charge in [-0.2, -0.15) is 0 Å². The van der Waals surface area contributed by atoms with Gasteiger partial charge >= 0.3 is 5.97 Å². The van der Waals surface area contributed by atoms with Crippen LogP contribution < -0.4 is 5.32 Å². The van der Waals surface area contributed by atoms with Gasteiger partial charge < -0.3 is 15.3 Å². The highest BCUT2D eigenvalue weighted by molar-refractivity contribution is 5.91. The second-order valence-corrected chi connectivity index (χ2v) is 7.31. The minimum Gasteiger partial charge on any atom is -0.479 e. The quantitative estimate of drug-likeness (QED) is 0.751. The zero-order valence-corrected chi connectivity index (χ0v) is 15.6. The predicted octanol–water partition coefficient (Wildman–Crippen LogP) is 1.26. The Morgan fingerprint density at radius 2 is 2.04 bits per heavy atom. The minimum atomic E-state index is -1.11. The van der Waals surface area contributed by atoms with Crippen LogP contribution in [0.4, 0.5) is 0 Å². The number of aliphatic carboxylic acids is 1. The largest absolute Gasteiger partial charge is 0.479 e. The van der Waals surface area contributed by atoms with Crippen LogP contribution in [0.2, 0.25) is 0 Å². The number of amides is 2. The summed E-state index contributed by atoms with van der Waals surface area (Å²) in [5.74, 6) is -2.01. The van der Waals surface area contributed by atoms with Crippen molar-refractivity contribution >= 4 is 17.8 Å². The molecule has 2 amide bonds. The Hall–Kier alpha value is -2.41. The molecule has 7 heteroatoms. The summed E-state index contributed by atoms with van der Waals surface area (Å²) in [4.78, 5) is 40.7. The Morgan fingerprint density at radius 3 is 2.70 bits per heavy atom. The molecule has 146 valence electrons. The van der Waals surface area contributed by atoms with Crippen LogP contribution >= 0.6 is 0 Å². The third-order valence-corrected chi connectivity index (χ3v) is 5.59. The Morgan fingerprint density at radius 1 is 1.30 bits per heavy atom. The van der Waals surface area contributed by atoms with E-state index in [1.54, 1.807) is 35.2 Å². The third kappa shape index (κ3) is 4.47. The van der Waals surface area contributed by atoms with Crippen molar-refractivity contribution in [2.75, 3.05) is 26.2 Å². The number of nitrogens with one attached hydrogen (secondary N) is 1. The number of nitrogens with zero attached hydrogens (tertiary/aromatic N) is 2. The van der Waals surface area contributed by atoms with Gasteiger partial charge in [0.05, 0.1) is 5.92 Å². The average Bonchev–Trinajstić information content (AvgIpc) is 3.26. The smallest absolute Gasteiger partial charge is 0.330 e. The molecule has 0 spiro atoms. The van der Waals surface area contributed by atoms with Gasteiger partial charge in [0.25, 0.3) is 0 Å². The molecule has 1 aromatic rings. The highest BCUT2D eigenvalue weighted by atomic mass is 16.4. The lowest BCUT2D eigenvalue weighted by molar-refractivity contribution is -0.142. The van der Waals surface area contributed by atoms with Crippen LogP contribution in [0.3, 0.4) is 0 Å². The molecule has 0 saturated carbocycles. The summed E-state index contributed by atoms with van der Waals surface area (Å²) in [6.07, 6.45) is 2.36. The van der Waals surface area contributed by atoms with Crippen molar-refractivity contribution < 1.29 is 19.5 Å². The van der Waals surface area contributed by atoms with Crippen molar-refractivity contribution in [3.8, 4) is 0 Å². The number of likely N-dealkylation sites (tertiary alicyclic amines) is 2. The van der Waals surface area contributed by atoms with Gasteiger partial charge in [-0.1, -0.05) is 37.3 Å². The number of likely N-dealkylation sites (N-methyl/N-ethyl adjacent to an activating group) is 1. The van der Waals surface area contributed by atoms with Gasteiger partial charge in [-0.3, -0.25) is 14.5 Å². The van der Waals surface area contributed by atoms with Crippen molar-refractivity contribution in [2.45, 2.75) is 38.3 Å². The van der Waals surface area contributed by atoms with Crippen LogP contribution in [-0.4, -0.2) is 64.9 Å². The molecule has 3 rings (SSSR count). The molecule has 7 nitrogen and oxygen atoms in total. The topological polar surface area (TPSA) is 89.9 Å². The zero-order valence-electron chi connectivity index (χ0n) is 15.6. The van der Waals surface area contributed by atoms with Crippen LogP contribution in [0.5, 0.6) is 0 Å². The summed E-state index contributed by atoms with van der Waals surface area (Å²) >= 11 is 0. The van der Waals surface area contributed by atoms with E-state index in [4.69, 9.17) is 0 Å². The van der Waals surface area contributed by atoms with E-state index in [2.05, 4.69) is 17.1 Å². The number of hydrogen-bond donors (Lipinski definition) is 2. The van der Waals surface area contributed by atoms with Crippen molar-refractivity contribution in [3.63, 3.8) is 0 Å². The molecule has 2 N–H and O–H groups in total. The summed E-state index contributed by atoms with van der Waals surface area (Å²) in [6, 6.07) is 7.86. The number of benzene rings is 1. The number of rotatable bonds is 7. The molecule has 1 aromatic carbocycles. The fourth-order valence-corrected chi connectivity index (χ4v) is 4.09. The zero-order chi connectivity index (χ0) is 19.4. The molecule has 2 saturated heterocycles. The van der Waals surface area contributed by atoms with E-state index in [-0.39, 0.29) is 18.2 Å².